The van der Waals surface area contributed by atoms with Crippen molar-refractivity contribution in [3.05, 3.63) is 60.2 Å². The average Bonchev–Trinajstić information content (AvgIpc) is 2.52. The number of fused-ring (bicyclic) bond motifs is 1. The molecular weight excluding hydrogens is 268 g/mol. The summed E-state index contributed by atoms with van der Waals surface area (Å²) >= 11 is 0. The number of carbonyl (C=O) groups is 1. The molecule has 0 aliphatic heterocycles. The molecule has 21 heavy (non-hydrogen) atoms. The van der Waals surface area contributed by atoms with Crippen molar-refractivity contribution in [2.75, 3.05) is 0 Å². The van der Waals surface area contributed by atoms with Crippen LogP contribution in [0.1, 0.15) is 10.4 Å². The molecule has 3 aromatic carbocycles. The van der Waals surface area contributed by atoms with Gasteiger partial charge in [-0.05, 0) is 30.3 Å². The van der Waals surface area contributed by atoms with Crippen LogP contribution in [0.2, 0.25) is 0 Å². The Morgan fingerprint density at radius 3 is 2.24 bits per heavy atom. The van der Waals surface area contributed by atoms with Crippen molar-refractivity contribution in [3.63, 3.8) is 0 Å². The van der Waals surface area contributed by atoms with Crippen molar-refractivity contribution in [2.45, 2.75) is 0 Å². The first-order valence-electron chi connectivity index (χ1n) is 6.36. The summed E-state index contributed by atoms with van der Waals surface area (Å²) in [5.74, 6) is 1.04. The lowest BCUT2D eigenvalue weighted by Crippen LogP contribution is -1.92. The van der Waals surface area contributed by atoms with Gasteiger partial charge >= 0.3 is 0 Å². The molecule has 0 unspecified atom stereocenters. The first kappa shape index (κ1) is 13.0. The highest BCUT2D eigenvalue weighted by molar-refractivity contribution is 5.99. The van der Waals surface area contributed by atoms with Crippen LogP contribution in [-0.4, -0.2) is 16.5 Å². The van der Waals surface area contributed by atoms with Gasteiger partial charge in [0.2, 0.25) is 0 Å². The molecule has 2 N–H and O–H groups in total. The highest BCUT2D eigenvalue weighted by atomic mass is 16.5. The maximum absolute atomic E-state index is 11.2. The summed E-state index contributed by atoms with van der Waals surface area (Å²) in [6.07, 6.45) is 0.641. The van der Waals surface area contributed by atoms with Crippen LogP contribution in [0, 0.1) is 0 Å². The number of hydrogen-bond donors (Lipinski definition) is 2. The highest BCUT2D eigenvalue weighted by Gasteiger charge is 2.13. The molecule has 0 bridgehead atoms. The summed E-state index contributed by atoms with van der Waals surface area (Å²) in [7, 11) is 0. The number of ether oxygens (including phenoxy) is 1. The van der Waals surface area contributed by atoms with Crippen LogP contribution in [0.15, 0.2) is 54.6 Å². The normalized spacial score (nSPS) is 10.5. The second-order valence-electron chi connectivity index (χ2n) is 4.57. The van der Waals surface area contributed by atoms with Crippen LogP contribution >= 0.6 is 0 Å². The predicted molar refractivity (Wildman–Crippen MR) is 79.2 cm³/mol. The number of aromatic hydroxyl groups is 2. The number of aldehydes is 1. The maximum Gasteiger partial charge on any atom is 0.153 e. The quantitative estimate of drug-likeness (QED) is 0.715. The van der Waals surface area contributed by atoms with Gasteiger partial charge in [0, 0.05) is 10.8 Å². The topological polar surface area (TPSA) is 66.8 Å². The van der Waals surface area contributed by atoms with Crippen molar-refractivity contribution >= 4 is 17.1 Å². The van der Waals surface area contributed by atoms with Crippen molar-refractivity contribution in [1.29, 1.82) is 0 Å². The number of benzene rings is 3. The smallest absolute Gasteiger partial charge is 0.153 e. The van der Waals surface area contributed by atoms with E-state index in [2.05, 4.69) is 0 Å². The molecule has 0 fully saturated rings. The molecule has 0 aliphatic carbocycles. The van der Waals surface area contributed by atoms with Crippen LogP contribution in [0.3, 0.4) is 0 Å². The van der Waals surface area contributed by atoms with Gasteiger partial charge in [-0.2, -0.15) is 0 Å². The van der Waals surface area contributed by atoms with Gasteiger partial charge < -0.3 is 14.9 Å². The predicted octanol–water partition coefficient (Wildman–Crippen LogP) is 3.86. The van der Waals surface area contributed by atoms with E-state index < -0.39 is 0 Å². The summed E-state index contributed by atoms with van der Waals surface area (Å²) < 4.78 is 5.77. The van der Waals surface area contributed by atoms with E-state index in [4.69, 9.17) is 4.74 Å². The first-order chi connectivity index (χ1) is 10.2. The van der Waals surface area contributed by atoms with Crippen molar-refractivity contribution in [1.82, 2.24) is 0 Å². The van der Waals surface area contributed by atoms with E-state index in [9.17, 15) is 15.0 Å². The molecule has 4 heteroatoms. The lowest BCUT2D eigenvalue weighted by Gasteiger charge is -2.12. The third-order valence-electron chi connectivity index (χ3n) is 3.19. The fourth-order valence-corrected chi connectivity index (χ4v) is 2.18. The van der Waals surface area contributed by atoms with E-state index in [1.54, 1.807) is 36.4 Å². The maximum atomic E-state index is 11.2. The molecule has 0 saturated carbocycles. The third kappa shape index (κ3) is 2.39. The lowest BCUT2D eigenvalue weighted by atomic mass is 10.0. The minimum atomic E-state index is 0.0331. The summed E-state index contributed by atoms with van der Waals surface area (Å²) in [4.78, 5) is 11.2. The van der Waals surface area contributed by atoms with E-state index in [0.29, 0.717) is 28.6 Å². The van der Waals surface area contributed by atoms with Gasteiger partial charge in [0.1, 0.15) is 23.0 Å². The Labute approximate surface area is 120 Å². The second-order valence-corrected chi connectivity index (χ2v) is 4.57. The Morgan fingerprint density at radius 2 is 1.57 bits per heavy atom. The summed E-state index contributed by atoms with van der Waals surface area (Å²) in [5.41, 5.74) is 0.263. The number of carbonyl (C=O) groups excluding carboxylic acids is 1. The fourth-order valence-electron chi connectivity index (χ4n) is 2.18. The summed E-state index contributed by atoms with van der Waals surface area (Å²) in [5, 5.41) is 20.5. The monoisotopic (exact) mass is 280 g/mol. The SMILES string of the molecule is O=Cc1cc(O)c2ccccc2c1Oc1ccc(O)cc1. The molecule has 0 saturated heterocycles. The van der Waals surface area contributed by atoms with Crippen molar-refractivity contribution in [3.8, 4) is 23.0 Å². The number of phenols is 2. The zero-order valence-corrected chi connectivity index (χ0v) is 11.0. The number of hydrogen-bond acceptors (Lipinski definition) is 4. The van der Waals surface area contributed by atoms with Crippen LogP contribution in [0.5, 0.6) is 23.0 Å². The first-order valence-corrected chi connectivity index (χ1v) is 6.36. The molecule has 0 spiro atoms. The molecule has 0 atom stereocenters. The van der Waals surface area contributed by atoms with Gasteiger partial charge in [-0.15, -0.1) is 0 Å². The van der Waals surface area contributed by atoms with Gasteiger partial charge in [0.15, 0.2) is 6.29 Å². The number of phenolic OH excluding ortho intramolecular Hbond substituents is 2. The Kier molecular flexibility index (Phi) is 3.20. The Morgan fingerprint density at radius 1 is 0.905 bits per heavy atom. The molecule has 0 aliphatic rings. The lowest BCUT2D eigenvalue weighted by molar-refractivity contribution is 0.112. The number of rotatable bonds is 3. The summed E-state index contributed by atoms with van der Waals surface area (Å²) in [6, 6.07) is 14.7. The second kappa shape index (κ2) is 5.17. The zero-order valence-electron chi connectivity index (χ0n) is 11.0. The average molecular weight is 280 g/mol. The van der Waals surface area contributed by atoms with E-state index in [-0.39, 0.29) is 17.1 Å². The van der Waals surface area contributed by atoms with E-state index in [1.807, 2.05) is 0 Å². The van der Waals surface area contributed by atoms with Gasteiger partial charge in [0.25, 0.3) is 0 Å². The molecule has 0 aromatic heterocycles. The van der Waals surface area contributed by atoms with Gasteiger partial charge in [-0.3, -0.25) is 4.79 Å². The van der Waals surface area contributed by atoms with Crippen LogP contribution in [0.4, 0.5) is 0 Å². The Hall–Kier alpha value is -3.01. The van der Waals surface area contributed by atoms with Crippen LogP contribution < -0.4 is 4.74 Å². The molecule has 0 amide bonds. The minimum absolute atomic E-state index is 0.0331. The van der Waals surface area contributed by atoms with E-state index in [1.165, 1.54) is 18.2 Å². The minimum Gasteiger partial charge on any atom is -0.508 e. The largest absolute Gasteiger partial charge is 0.508 e. The molecular formula is C17H12O4. The van der Waals surface area contributed by atoms with Crippen LogP contribution in [-0.2, 0) is 0 Å². The summed E-state index contributed by atoms with van der Waals surface area (Å²) in [6.45, 7) is 0. The zero-order chi connectivity index (χ0) is 14.8. The standard InChI is InChI=1S/C17H12O4/c18-10-11-9-16(20)14-3-1-2-4-15(14)17(11)21-13-7-5-12(19)6-8-13/h1-10,19-20H. The van der Waals surface area contributed by atoms with Crippen LogP contribution in [0.25, 0.3) is 10.8 Å². The highest BCUT2D eigenvalue weighted by Crippen LogP contribution is 2.37. The third-order valence-corrected chi connectivity index (χ3v) is 3.19. The van der Waals surface area contributed by atoms with E-state index in [0.717, 1.165) is 0 Å². The molecule has 0 radical (unpaired) electrons. The molecule has 3 aromatic rings. The molecule has 3 rings (SSSR count). The molecule has 0 heterocycles. The van der Waals surface area contributed by atoms with E-state index >= 15 is 0 Å². The fraction of sp³-hybridized carbons (Fsp3) is 0. The van der Waals surface area contributed by atoms with Gasteiger partial charge in [0.05, 0.1) is 5.56 Å². The van der Waals surface area contributed by atoms with Gasteiger partial charge in [-0.1, -0.05) is 24.3 Å². The Balaban J connectivity index is 2.18. The van der Waals surface area contributed by atoms with Gasteiger partial charge in [-0.25, -0.2) is 0 Å². The molecule has 4 nitrogen and oxygen atoms in total. The van der Waals surface area contributed by atoms with Crippen molar-refractivity contribution < 1.29 is 19.7 Å². The van der Waals surface area contributed by atoms with Crippen molar-refractivity contribution in [2.24, 2.45) is 0 Å². The molecule has 104 valence electrons. The Bertz CT molecular complexity index is 807.